The first-order chi connectivity index (χ1) is 8.61. The monoisotopic (exact) mass is 244 g/mol. The van der Waals surface area contributed by atoms with E-state index in [4.69, 9.17) is 5.73 Å². The molecule has 2 rings (SSSR count). The van der Waals surface area contributed by atoms with Gasteiger partial charge < -0.3 is 11.1 Å². The fraction of sp³-hybridized carbons (Fsp3) is 0.500. The van der Waals surface area contributed by atoms with Crippen LogP contribution in [0.25, 0.3) is 0 Å². The molecule has 18 heavy (non-hydrogen) atoms. The predicted octanol–water partition coefficient (Wildman–Crippen LogP) is 2.92. The molecule has 0 amide bonds. The second kappa shape index (κ2) is 5.68. The first kappa shape index (κ1) is 13.3. The predicted molar refractivity (Wildman–Crippen MR) is 77.7 cm³/mol. The largest absolute Gasteiger partial charge is 0.329 e. The van der Waals surface area contributed by atoms with E-state index < -0.39 is 0 Å². The van der Waals surface area contributed by atoms with Crippen molar-refractivity contribution in [3.8, 4) is 0 Å². The molecular formula is C16H24N2. The summed E-state index contributed by atoms with van der Waals surface area (Å²) in [5, 5.41) is 3.68. The van der Waals surface area contributed by atoms with Gasteiger partial charge in [0.25, 0.3) is 0 Å². The smallest absolute Gasteiger partial charge is 0.0449 e. The van der Waals surface area contributed by atoms with Crippen molar-refractivity contribution in [2.24, 2.45) is 5.73 Å². The molecule has 2 heteroatoms. The lowest BCUT2D eigenvalue weighted by atomic mass is 9.95. The fourth-order valence-corrected chi connectivity index (χ4v) is 2.68. The summed E-state index contributed by atoms with van der Waals surface area (Å²) in [6.45, 7) is 7.17. The van der Waals surface area contributed by atoms with Gasteiger partial charge in [-0.1, -0.05) is 24.3 Å². The zero-order valence-electron chi connectivity index (χ0n) is 11.7. The number of hydrogen-bond donors (Lipinski definition) is 2. The van der Waals surface area contributed by atoms with E-state index in [1.165, 1.54) is 22.3 Å². The van der Waals surface area contributed by atoms with Gasteiger partial charge in [0.15, 0.2) is 0 Å². The van der Waals surface area contributed by atoms with Gasteiger partial charge in [-0.25, -0.2) is 0 Å². The summed E-state index contributed by atoms with van der Waals surface area (Å²) in [7, 11) is 0. The van der Waals surface area contributed by atoms with E-state index in [9.17, 15) is 0 Å². The van der Waals surface area contributed by atoms with Gasteiger partial charge in [-0.05, 0) is 55.9 Å². The molecule has 1 aliphatic rings. The maximum absolute atomic E-state index is 5.96. The summed E-state index contributed by atoms with van der Waals surface area (Å²) in [4.78, 5) is 0. The second-order valence-corrected chi connectivity index (χ2v) is 5.39. The number of rotatable bonds is 4. The van der Waals surface area contributed by atoms with Gasteiger partial charge in [0, 0.05) is 18.6 Å². The molecular weight excluding hydrogens is 220 g/mol. The lowest BCUT2D eigenvalue weighted by Crippen LogP contribution is -2.35. The molecule has 0 aromatic heterocycles. The van der Waals surface area contributed by atoms with Crippen LogP contribution < -0.4 is 11.1 Å². The highest BCUT2D eigenvalue weighted by atomic mass is 15.0. The molecule has 1 aliphatic carbocycles. The first-order valence-corrected chi connectivity index (χ1v) is 6.80. The van der Waals surface area contributed by atoms with Crippen LogP contribution in [0.3, 0.4) is 0 Å². The van der Waals surface area contributed by atoms with Crippen molar-refractivity contribution in [3.63, 3.8) is 0 Å². The van der Waals surface area contributed by atoms with Crippen molar-refractivity contribution < 1.29 is 0 Å². The van der Waals surface area contributed by atoms with Crippen molar-refractivity contribution in [2.45, 2.75) is 45.7 Å². The third-order valence-electron chi connectivity index (χ3n) is 3.94. The molecule has 2 nitrogen and oxygen atoms in total. The minimum Gasteiger partial charge on any atom is -0.329 e. The van der Waals surface area contributed by atoms with E-state index in [2.05, 4.69) is 50.4 Å². The fourth-order valence-electron chi connectivity index (χ4n) is 2.68. The average molecular weight is 244 g/mol. The van der Waals surface area contributed by atoms with E-state index in [1.807, 2.05) is 0 Å². The molecule has 0 saturated carbocycles. The van der Waals surface area contributed by atoms with Gasteiger partial charge in [0.1, 0.15) is 0 Å². The molecule has 0 bridgehead atoms. The summed E-state index contributed by atoms with van der Waals surface area (Å²) in [5.41, 5.74) is 11.4. The number of aryl methyl sites for hydroxylation is 3. The van der Waals surface area contributed by atoms with Crippen LogP contribution in [-0.4, -0.2) is 12.6 Å². The van der Waals surface area contributed by atoms with Gasteiger partial charge in [-0.3, -0.25) is 0 Å². The Kier molecular flexibility index (Phi) is 4.20. The van der Waals surface area contributed by atoms with Gasteiger partial charge in [0.05, 0.1) is 0 Å². The normalized spacial score (nSPS) is 17.3. The highest BCUT2D eigenvalue weighted by molar-refractivity contribution is 5.38. The van der Waals surface area contributed by atoms with Crippen LogP contribution in [0.2, 0.25) is 0 Å². The Hall–Kier alpha value is -1.12. The minimum absolute atomic E-state index is 0.272. The first-order valence-electron chi connectivity index (χ1n) is 6.80. The molecule has 1 aromatic carbocycles. The van der Waals surface area contributed by atoms with E-state index in [1.54, 1.807) is 0 Å². The third kappa shape index (κ3) is 2.82. The Morgan fingerprint density at radius 3 is 2.33 bits per heavy atom. The Labute approximate surface area is 110 Å². The van der Waals surface area contributed by atoms with Crippen molar-refractivity contribution in [3.05, 3.63) is 46.5 Å². The summed E-state index contributed by atoms with van der Waals surface area (Å²) in [5.74, 6) is 0. The molecule has 3 N–H and O–H groups in total. The van der Waals surface area contributed by atoms with E-state index in [0.29, 0.717) is 12.6 Å². The maximum atomic E-state index is 5.96. The second-order valence-electron chi connectivity index (χ2n) is 5.39. The SMILES string of the molecule is Cc1cc(C)c(C(CN)NC2CC=CC2)cc1C. The number of benzene rings is 1. The van der Waals surface area contributed by atoms with Crippen molar-refractivity contribution in [1.29, 1.82) is 0 Å². The van der Waals surface area contributed by atoms with Crippen LogP contribution in [0.15, 0.2) is 24.3 Å². The molecule has 0 spiro atoms. The summed E-state index contributed by atoms with van der Waals surface area (Å²) >= 11 is 0. The number of hydrogen-bond acceptors (Lipinski definition) is 2. The van der Waals surface area contributed by atoms with Gasteiger partial charge in [-0.15, -0.1) is 0 Å². The third-order valence-corrected chi connectivity index (χ3v) is 3.94. The van der Waals surface area contributed by atoms with Crippen LogP contribution in [0.4, 0.5) is 0 Å². The minimum atomic E-state index is 0.272. The molecule has 0 saturated heterocycles. The van der Waals surface area contributed by atoms with Crippen molar-refractivity contribution in [1.82, 2.24) is 5.32 Å². The molecule has 0 fully saturated rings. The number of nitrogens with one attached hydrogen (secondary N) is 1. The lowest BCUT2D eigenvalue weighted by molar-refractivity contribution is 0.452. The molecule has 1 unspecified atom stereocenters. The molecule has 0 radical (unpaired) electrons. The van der Waals surface area contributed by atoms with E-state index in [-0.39, 0.29) is 6.04 Å². The Bertz CT molecular complexity index is 441. The Balaban J connectivity index is 2.18. The van der Waals surface area contributed by atoms with Crippen molar-refractivity contribution >= 4 is 0 Å². The number of nitrogens with two attached hydrogens (primary N) is 1. The quantitative estimate of drug-likeness (QED) is 0.799. The average Bonchev–Trinajstić information content (AvgIpc) is 2.84. The molecule has 1 atom stereocenters. The zero-order chi connectivity index (χ0) is 13.1. The zero-order valence-corrected chi connectivity index (χ0v) is 11.7. The topological polar surface area (TPSA) is 38.0 Å². The van der Waals surface area contributed by atoms with Gasteiger partial charge in [0.2, 0.25) is 0 Å². The summed E-state index contributed by atoms with van der Waals surface area (Å²) < 4.78 is 0. The highest BCUT2D eigenvalue weighted by Crippen LogP contribution is 2.23. The summed E-state index contributed by atoms with van der Waals surface area (Å²) in [6, 6.07) is 5.38. The van der Waals surface area contributed by atoms with Gasteiger partial charge >= 0.3 is 0 Å². The molecule has 1 aromatic rings. The molecule has 0 aliphatic heterocycles. The standard InChI is InChI=1S/C16H24N2/c1-11-8-13(3)15(9-12(11)2)16(10-17)18-14-6-4-5-7-14/h4-5,8-9,14,16,18H,6-7,10,17H2,1-3H3. The van der Waals surface area contributed by atoms with E-state index in [0.717, 1.165) is 12.8 Å². The lowest BCUT2D eigenvalue weighted by Gasteiger charge is -2.24. The Morgan fingerprint density at radius 2 is 1.72 bits per heavy atom. The van der Waals surface area contributed by atoms with Crippen molar-refractivity contribution in [2.75, 3.05) is 6.54 Å². The van der Waals surface area contributed by atoms with Crippen LogP contribution in [0, 0.1) is 20.8 Å². The van der Waals surface area contributed by atoms with E-state index >= 15 is 0 Å². The maximum Gasteiger partial charge on any atom is 0.0449 e. The summed E-state index contributed by atoms with van der Waals surface area (Å²) in [6.07, 6.45) is 6.75. The Morgan fingerprint density at radius 1 is 1.11 bits per heavy atom. The van der Waals surface area contributed by atoms with Crippen LogP contribution >= 0.6 is 0 Å². The van der Waals surface area contributed by atoms with Crippen LogP contribution in [0.5, 0.6) is 0 Å². The van der Waals surface area contributed by atoms with Crippen LogP contribution in [-0.2, 0) is 0 Å². The highest BCUT2D eigenvalue weighted by Gasteiger charge is 2.18. The van der Waals surface area contributed by atoms with Crippen LogP contribution in [0.1, 0.15) is 41.1 Å². The molecule has 0 heterocycles. The van der Waals surface area contributed by atoms with Gasteiger partial charge in [-0.2, -0.15) is 0 Å². The molecule has 98 valence electrons.